The predicted octanol–water partition coefficient (Wildman–Crippen LogP) is -0.749. The van der Waals surface area contributed by atoms with E-state index >= 15 is 0 Å². The molecule has 16 heavy (non-hydrogen) atoms. The van der Waals surface area contributed by atoms with Crippen molar-refractivity contribution in [3.63, 3.8) is 0 Å². The van der Waals surface area contributed by atoms with Gasteiger partial charge in [-0.25, -0.2) is 4.79 Å². The third-order valence-electron chi connectivity index (χ3n) is 1.70. The highest BCUT2D eigenvalue weighted by molar-refractivity contribution is 5.92. The van der Waals surface area contributed by atoms with Gasteiger partial charge in [0.05, 0.1) is 6.61 Å². The van der Waals surface area contributed by atoms with Crippen molar-refractivity contribution in [2.24, 2.45) is 7.05 Å². The van der Waals surface area contributed by atoms with E-state index in [1.165, 1.54) is 4.68 Å². The number of ether oxygens (including phenoxy) is 1. The lowest BCUT2D eigenvalue weighted by Crippen LogP contribution is -2.28. The van der Waals surface area contributed by atoms with Crippen molar-refractivity contribution in [3.8, 4) is 0 Å². The van der Waals surface area contributed by atoms with Gasteiger partial charge in [-0.05, 0) is 6.07 Å². The van der Waals surface area contributed by atoms with Gasteiger partial charge in [0.15, 0.2) is 0 Å². The van der Waals surface area contributed by atoms with Crippen molar-refractivity contribution >= 4 is 11.9 Å². The van der Waals surface area contributed by atoms with Crippen molar-refractivity contribution in [1.82, 2.24) is 15.1 Å². The Labute approximate surface area is 92.0 Å². The molecule has 0 spiro atoms. The number of aromatic nitrogens is 2. The van der Waals surface area contributed by atoms with Crippen LogP contribution in [0.25, 0.3) is 0 Å². The van der Waals surface area contributed by atoms with Gasteiger partial charge >= 0.3 is 5.97 Å². The highest BCUT2D eigenvalue weighted by Crippen LogP contribution is 1.92. The van der Waals surface area contributed by atoms with Crippen LogP contribution in [-0.4, -0.2) is 46.5 Å². The first-order valence-electron chi connectivity index (χ1n) is 4.67. The van der Waals surface area contributed by atoms with E-state index in [1.807, 2.05) is 0 Å². The molecule has 0 saturated heterocycles. The third-order valence-corrected chi connectivity index (χ3v) is 1.70. The summed E-state index contributed by atoms with van der Waals surface area (Å²) in [6.07, 6.45) is 1.66. The van der Waals surface area contributed by atoms with E-state index in [0.29, 0.717) is 5.69 Å². The van der Waals surface area contributed by atoms with E-state index in [4.69, 9.17) is 9.84 Å². The van der Waals surface area contributed by atoms with E-state index in [-0.39, 0.29) is 25.7 Å². The zero-order valence-electron chi connectivity index (χ0n) is 8.84. The van der Waals surface area contributed by atoms with Gasteiger partial charge in [-0.15, -0.1) is 0 Å². The summed E-state index contributed by atoms with van der Waals surface area (Å²) in [5.74, 6) is -1.34. The summed E-state index contributed by atoms with van der Waals surface area (Å²) >= 11 is 0. The van der Waals surface area contributed by atoms with E-state index < -0.39 is 5.97 Å². The monoisotopic (exact) mass is 227 g/mol. The maximum Gasteiger partial charge on any atom is 0.329 e. The standard InChI is InChI=1S/C9H13N3O4/c1-12-4-2-7(11-12)9(15)10-3-5-16-6-8(13)14/h2,4H,3,5-6H2,1H3,(H,10,15)(H,13,14). The molecule has 0 aromatic carbocycles. The summed E-state index contributed by atoms with van der Waals surface area (Å²) in [5, 5.41) is 14.7. The fourth-order valence-corrected chi connectivity index (χ4v) is 1.02. The lowest BCUT2D eigenvalue weighted by Gasteiger charge is -2.02. The molecule has 0 atom stereocenters. The van der Waals surface area contributed by atoms with Crippen LogP contribution in [0.15, 0.2) is 12.3 Å². The smallest absolute Gasteiger partial charge is 0.329 e. The Kier molecular flexibility index (Phi) is 4.46. The Hall–Kier alpha value is -1.89. The maximum absolute atomic E-state index is 11.4. The summed E-state index contributed by atoms with van der Waals surface area (Å²) in [4.78, 5) is 21.5. The average molecular weight is 227 g/mol. The highest BCUT2D eigenvalue weighted by atomic mass is 16.5. The van der Waals surface area contributed by atoms with Crippen LogP contribution in [0.3, 0.4) is 0 Å². The highest BCUT2D eigenvalue weighted by Gasteiger charge is 2.07. The summed E-state index contributed by atoms with van der Waals surface area (Å²) < 4.78 is 6.27. The van der Waals surface area contributed by atoms with E-state index in [1.54, 1.807) is 19.3 Å². The molecule has 7 heteroatoms. The van der Waals surface area contributed by atoms with Crippen LogP contribution in [0, 0.1) is 0 Å². The molecule has 1 aromatic heterocycles. The number of carbonyl (C=O) groups excluding carboxylic acids is 1. The SMILES string of the molecule is Cn1ccc(C(=O)NCCOCC(=O)O)n1. The van der Waals surface area contributed by atoms with Crippen LogP contribution in [-0.2, 0) is 16.6 Å². The normalized spacial score (nSPS) is 10.1. The number of nitrogens with one attached hydrogen (secondary N) is 1. The van der Waals surface area contributed by atoms with Gasteiger partial charge in [-0.2, -0.15) is 5.10 Å². The molecular formula is C9H13N3O4. The van der Waals surface area contributed by atoms with Gasteiger partial charge < -0.3 is 15.2 Å². The molecule has 0 aliphatic rings. The van der Waals surface area contributed by atoms with Gasteiger partial charge in [-0.3, -0.25) is 9.48 Å². The zero-order chi connectivity index (χ0) is 12.0. The van der Waals surface area contributed by atoms with Crippen LogP contribution < -0.4 is 5.32 Å². The molecule has 0 fully saturated rings. The van der Waals surface area contributed by atoms with Gasteiger partial charge in [-0.1, -0.05) is 0 Å². The molecule has 1 heterocycles. The van der Waals surface area contributed by atoms with Crippen LogP contribution in [0.5, 0.6) is 0 Å². The maximum atomic E-state index is 11.4. The first-order valence-corrected chi connectivity index (χ1v) is 4.67. The first kappa shape index (κ1) is 12.2. The molecule has 1 rings (SSSR count). The average Bonchev–Trinajstić information content (AvgIpc) is 2.63. The molecule has 0 radical (unpaired) electrons. The summed E-state index contributed by atoms with van der Waals surface area (Å²) in [6, 6.07) is 1.59. The van der Waals surface area contributed by atoms with Crippen molar-refractivity contribution < 1.29 is 19.4 Å². The topological polar surface area (TPSA) is 93.5 Å². The molecule has 88 valence electrons. The Morgan fingerprint density at radius 1 is 1.62 bits per heavy atom. The molecule has 1 amide bonds. The minimum Gasteiger partial charge on any atom is -0.480 e. The Morgan fingerprint density at radius 3 is 2.94 bits per heavy atom. The molecule has 1 aromatic rings. The van der Waals surface area contributed by atoms with Crippen molar-refractivity contribution in [2.75, 3.05) is 19.8 Å². The Balaban J connectivity index is 2.18. The minimum absolute atomic E-state index is 0.158. The van der Waals surface area contributed by atoms with Crippen molar-refractivity contribution in [3.05, 3.63) is 18.0 Å². The second-order valence-electron chi connectivity index (χ2n) is 3.08. The number of amides is 1. The van der Waals surface area contributed by atoms with Crippen molar-refractivity contribution in [2.45, 2.75) is 0 Å². The summed E-state index contributed by atoms with van der Waals surface area (Å²) in [7, 11) is 1.72. The van der Waals surface area contributed by atoms with E-state index in [9.17, 15) is 9.59 Å². The largest absolute Gasteiger partial charge is 0.480 e. The Bertz CT molecular complexity index is 375. The number of hydrogen-bond donors (Lipinski definition) is 2. The van der Waals surface area contributed by atoms with Gasteiger partial charge in [0.25, 0.3) is 5.91 Å². The number of carboxylic acids is 1. The van der Waals surface area contributed by atoms with Gasteiger partial charge in [0, 0.05) is 19.8 Å². The molecule has 0 aliphatic heterocycles. The molecular weight excluding hydrogens is 214 g/mol. The Morgan fingerprint density at radius 2 is 2.38 bits per heavy atom. The van der Waals surface area contributed by atoms with Crippen LogP contribution in [0.1, 0.15) is 10.5 Å². The molecule has 0 bridgehead atoms. The fourth-order valence-electron chi connectivity index (χ4n) is 1.02. The molecule has 2 N–H and O–H groups in total. The number of aliphatic carboxylic acids is 1. The second kappa shape index (κ2) is 5.86. The number of carbonyl (C=O) groups is 2. The van der Waals surface area contributed by atoms with Crippen LogP contribution in [0.2, 0.25) is 0 Å². The number of rotatable bonds is 6. The summed E-state index contributed by atoms with van der Waals surface area (Å²) in [5.41, 5.74) is 0.320. The fraction of sp³-hybridized carbons (Fsp3) is 0.444. The van der Waals surface area contributed by atoms with E-state index in [0.717, 1.165) is 0 Å². The second-order valence-corrected chi connectivity index (χ2v) is 3.08. The minimum atomic E-state index is -1.03. The van der Waals surface area contributed by atoms with Crippen LogP contribution >= 0.6 is 0 Å². The third kappa shape index (κ3) is 4.09. The molecule has 0 saturated carbocycles. The lowest BCUT2D eigenvalue weighted by atomic mass is 10.4. The quantitative estimate of drug-likeness (QED) is 0.624. The van der Waals surface area contributed by atoms with E-state index in [2.05, 4.69) is 10.4 Å². The van der Waals surface area contributed by atoms with Crippen molar-refractivity contribution in [1.29, 1.82) is 0 Å². The lowest BCUT2D eigenvalue weighted by molar-refractivity contribution is -0.142. The predicted molar refractivity (Wildman–Crippen MR) is 54.0 cm³/mol. The molecule has 7 nitrogen and oxygen atoms in total. The number of carboxylic acid groups (broad SMARTS) is 1. The number of hydrogen-bond acceptors (Lipinski definition) is 4. The van der Waals surface area contributed by atoms with Gasteiger partial charge in [0.1, 0.15) is 12.3 Å². The van der Waals surface area contributed by atoms with Crippen LogP contribution in [0.4, 0.5) is 0 Å². The molecule has 0 aliphatic carbocycles. The first-order chi connectivity index (χ1) is 7.59. The summed E-state index contributed by atoms with van der Waals surface area (Å²) in [6.45, 7) is 0.0486. The molecule has 0 unspecified atom stereocenters. The number of aryl methyl sites for hydroxylation is 1. The van der Waals surface area contributed by atoms with Gasteiger partial charge in [0.2, 0.25) is 0 Å². The zero-order valence-corrected chi connectivity index (χ0v) is 8.84. The number of nitrogens with zero attached hydrogens (tertiary/aromatic N) is 2.